The van der Waals surface area contributed by atoms with Crippen molar-refractivity contribution in [3.63, 3.8) is 0 Å². The second-order valence-electron chi connectivity index (χ2n) is 6.00. The van der Waals surface area contributed by atoms with E-state index >= 15 is 0 Å². The van der Waals surface area contributed by atoms with Crippen LogP contribution in [-0.2, 0) is 0 Å². The van der Waals surface area contributed by atoms with Crippen LogP contribution in [0.5, 0.6) is 0 Å². The molecule has 1 aliphatic rings. The third kappa shape index (κ3) is 3.81. The van der Waals surface area contributed by atoms with Gasteiger partial charge in [-0.1, -0.05) is 13.8 Å². The van der Waals surface area contributed by atoms with Gasteiger partial charge in [-0.25, -0.2) is 0 Å². The Kier molecular flexibility index (Phi) is 4.32. The van der Waals surface area contributed by atoms with Crippen LogP contribution in [0.15, 0.2) is 18.2 Å². The predicted octanol–water partition coefficient (Wildman–Crippen LogP) is 4.58. The van der Waals surface area contributed by atoms with E-state index in [1.165, 1.54) is 12.8 Å². The van der Waals surface area contributed by atoms with Crippen LogP contribution in [0.1, 0.15) is 39.5 Å². The molecule has 0 spiro atoms. The van der Waals surface area contributed by atoms with E-state index in [0.29, 0.717) is 17.1 Å². The van der Waals surface area contributed by atoms with Gasteiger partial charge in [0.25, 0.3) is 5.69 Å². The second-order valence-corrected chi connectivity index (χ2v) is 7.25. The molecule has 1 saturated carbocycles. The molecular weight excluding hydrogens is 355 g/mol. The quantitative estimate of drug-likeness (QED) is 0.479. The minimum absolute atomic E-state index is 0.178. The Morgan fingerprint density at radius 3 is 2.58 bits per heavy atom. The summed E-state index contributed by atoms with van der Waals surface area (Å²) in [6, 6.07) is 5.70. The molecule has 0 radical (unpaired) electrons. The van der Waals surface area contributed by atoms with Crippen molar-refractivity contribution in [2.45, 2.75) is 45.6 Å². The molecule has 1 aromatic carbocycles. The third-order valence-electron chi connectivity index (χ3n) is 3.86. The van der Waals surface area contributed by atoms with E-state index in [1.54, 1.807) is 6.07 Å². The molecule has 0 aromatic heterocycles. The van der Waals surface area contributed by atoms with Crippen molar-refractivity contribution in [1.29, 1.82) is 0 Å². The van der Waals surface area contributed by atoms with Gasteiger partial charge in [0.1, 0.15) is 5.69 Å². The van der Waals surface area contributed by atoms with Crippen molar-refractivity contribution < 1.29 is 4.92 Å². The monoisotopic (exact) mass is 374 g/mol. The summed E-state index contributed by atoms with van der Waals surface area (Å²) in [6.07, 6.45) is 4.50. The molecule has 19 heavy (non-hydrogen) atoms. The van der Waals surface area contributed by atoms with Crippen molar-refractivity contribution in [3.8, 4) is 0 Å². The maximum absolute atomic E-state index is 11.1. The normalized spacial score (nSPS) is 19.1. The lowest BCUT2D eigenvalue weighted by Crippen LogP contribution is -2.30. The first kappa shape index (κ1) is 14.6. The zero-order valence-electron chi connectivity index (χ0n) is 11.3. The van der Waals surface area contributed by atoms with Gasteiger partial charge in [0.2, 0.25) is 0 Å². The van der Waals surface area contributed by atoms with E-state index in [9.17, 15) is 10.1 Å². The van der Waals surface area contributed by atoms with Gasteiger partial charge in [0, 0.05) is 15.7 Å². The van der Waals surface area contributed by atoms with Gasteiger partial charge in [-0.15, -0.1) is 0 Å². The number of rotatable bonds is 3. The van der Waals surface area contributed by atoms with Crippen LogP contribution in [0.3, 0.4) is 0 Å². The number of hydrogen-bond donors (Lipinski definition) is 1. The Labute approximate surface area is 127 Å². The smallest absolute Gasteiger partial charge is 0.293 e. The number of benzene rings is 1. The van der Waals surface area contributed by atoms with E-state index in [0.717, 1.165) is 16.4 Å². The summed E-state index contributed by atoms with van der Waals surface area (Å²) in [4.78, 5) is 10.8. The van der Waals surface area contributed by atoms with Gasteiger partial charge in [0.15, 0.2) is 0 Å². The van der Waals surface area contributed by atoms with Crippen LogP contribution in [0, 0.1) is 19.1 Å². The van der Waals surface area contributed by atoms with Gasteiger partial charge in [0.05, 0.1) is 4.92 Å². The standard InChI is InChI=1S/C14H19IN2O2/c1-14(2)7-5-11(6-8-14)16-12-4-3-10(15)9-13(12)17(18)19/h3-4,9,11,16H,5-8H2,1-2H3. The number of nitrogens with one attached hydrogen (secondary N) is 1. The molecule has 5 heteroatoms. The summed E-state index contributed by atoms with van der Waals surface area (Å²) in [5.74, 6) is 0. The first-order valence-corrected chi connectivity index (χ1v) is 7.66. The van der Waals surface area contributed by atoms with Crippen LogP contribution in [0.25, 0.3) is 0 Å². The SMILES string of the molecule is CC1(C)CCC(Nc2ccc(I)cc2[N+](=O)[O-])CC1. The molecule has 1 N–H and O–H groups in total. The highest BCUT2D eigenvalue weighted by Crippen LogP contribution is 2.37. The van der Waals surface area contributed by atoms with E-state index in [-0.39, 0.29) is 10.6 Å². The Balaban J connectivity index is 2.10. The van der Waals surface area contributed by atoms with Crippen LogP contribution in [0.2, 0.25) is 0 Å². The van der Waals surface area contributed by atoms with Gasteiger partial charge in [-0.05, 0) is 65.8 Å². The number of nitrogens with zero attached hydrogens (tertiary/aromatic N) is 1. The van der Waals surface area contributed by atoms with E-state index in [2.05, 4.69) is 41.8 Å². The molecule has 0 bridgehead atoms. The van der Waals surface area contributed by atoms with Crippen LogP contribution < -0.4 is 5.32 Å². The Morgan fingerprint density at radius 1 is 1.37 bits per heavy atom. The molecule has 0 saturated heterocycles. The van der Waals surface area contributed by atoms with Crippen LogP contribution in [0.4, 0.5) is 11.4 Å². The summed E-state index contributed by atoms with van der Waals surface area (Å²) in [5, 5.41) is 14.4. The Bertz CT molecular complexity index is 478. The van der Waals surface area contributed by atoms with Gasteiger partial charge in [-0.3, -0.25) is 10.1 Å². The lowest BCUT2D eigenvalue weighted by atomic mass is 9.75. The van der Waals surface area contributed by atoms with Crippen molar-refractivity contribution in [2.75, 3.05) is 5.32 Å². The fraction of sp³-hybridized carbons (Fsp3) is 0.571. The largest absolute Gasteiger partial charge is 0.377 e. The molecule has 0 atom stereocenters. The number of hydrogen-bond acceptors (Lipinski definition) is 3. The molecule has 2 rings (SSSR count). The lowest BCUT2D eigenvalue weighted by Gasteiger charge is -2.34. The third-order valence-corrected chi connectivity index (χ3v) is 4.53. The second kappa shape index (κ2) is 5.64. The molecule has 104 valence electrons. The van der Waals surface area contributed by atoms with Crippen LogP contribution >= 0.6 is 22.6 Å². The molecule has 0 aliphatic heterocycles. The first-order valence-electron chi connectivity index (χ1n) is 6.58. The Morgan fingerprint density at radius 2 is 2.00 bits per heavy atom. The number of anilines is 1. The van der Waals surface area contributed by atoms with Gasteiger partial charge < -0.3 is 5.32 Å². The lowest BCUT2D eigenvalue weighted by molar-refractivity contribution is -0.384. The molecule has 0 heterocycles. The van der Waals surface area contributed by atoms with Gasteiger partial charge in [-0.2, -0.15) is 0 Å². The summed E-state index contributed by atoms with van der Waals surface area (Å²) < 4.78 is 0.889. The summed E-state index contributed by atoms with van der Waals surface area (Å²) in [5.41, 5.74) is 1.24. The molecule has 4 nitrogen and oxygen atoms in total. The highest BCUT2D eigenvalue weighted by atomic mass is 127. The number of nitro groups is 1. The predicted molar refractivity (Wildman–Crippen MR) is 85.5 cm³/mol. The summed E-state index contributed by atoms with van der Waals surface area (Å²) in [7, 11) is 0. The molecule has 1 fully saturated rings. The minimum Gasteiger partial charge on any atom is -0.377 e. The maximum atomic E-state index is 11.1. The van der Waals surface area contributed by atoms with Crippen molar-refractivity contribution in [1.82, 2.24) is 0 Å². The number of halogens is 1. The Hall–Kier alpha value is -0.850. The molecule has 1 aliphatic carbocycles. The zero-order valence-corrected chi connectivity index (χ0v) is 13.4. The molecular formula is C14H19IN2O2. The number of nitro benzene ring substituents is 1. The van der Waals surface area contributed by atoms with E-state index in [1.807, 2.05) is 12.1 Å². The topological polar surface area (TPSA) is 55.2 Å². The fourth-order valence-corrected chi connectivity index (χ4v) is 3.02. The summed E-state index contributed by atoms with van der Waals surface area (Å²) in [6.45, 7) is 4.58. The van der Waals surface area contributed by atoms with Crippen molar-refractivity contribution in [3.05, 3.63) is 31.9 Å². The van der Waals surface area contributed by atoms with Crippen molar-refractivity contribution >= 4 is 34.0 Å². The van der Waals surface area contributed by atoms with E-state index in [4.69, 9.17) is 0 Å². The molecule has 1 aromatic rings. The fourth-order valence-electron chi connectivity index (χ4n) is 2.54. The minimum atomic E-state index is -0.308. The first-order chi connectivity index (χ1) is 8.87. The highest BCUT2D eigenvalue weighted by Gasteiger charge is 2.27. The van der Waals surface area contributed by atoms with Crippen molar-refractivity contribution in [2.24, 2.45) is 5.41 Å². The highest BCUT2D eigenvalue weighted by molar-refractivity contribution is 14.1. The van der Waals surface area contributed by atoms with Gasteiger partial charge >= 0.3 is 0 Å². The average molecular weight is 374 g/mol. The molecule has 0 unspecified atom stereocenters. The molecule has 0 amide bonds. The maximum Gasteiger partial charge on any atom is 0.293 e. The van der Waals surface area contributed by atoms with Crippen LogP contribution in [-0.4, -0.2) is 11.0 Å². The average Bonchev–Trinajstić information content (AvgIpc) is 2.33. The van der Waals surface area contributed by atoms with E-state index < -0.39 is 0 Å². The zero-order chi connectivity index (χ0) is 14.0. The summed E-state index contributed by atoms with van der Waals surface area (Å²) >= 11 is 2.10.